The number of aliphatic hydroxyl groups excluding tert-OH is 1. The van der Waals surface area contributed by atoms with E-state index in [2.05, 4.69) is 20.4 Å². The molecule has 1 aromatic carbocycles. The molecule has 1 aromatic heterocycles. The summed E-state index contributed by atoms with van der Waals surface area (Å²) in [7, 11) is 0. The van der Waals surface area contributed by atoms with Crippen LogP contribution < -0.4 is 5.32 Å². The van der Waals surface area contributed by atoms with E-state index in [0.717, 1.165) is 31.6 Å². The van der Waals surface area contributed by atoms with Crippen molar-refractivity contribution in [1.29, 1.82) is 0 Å². The Morgan fingerprint density at radius 1 is 1.28 bits per heavy atom. The van der Waals surface area contributed by atoms with E-state index in [0.29, 0.717) is 12.1 Å². The first-order valence-electron chi connectivity index (χ1n) is 8.86. The summed E-state index contributed by atoms with van der Waals surface area (Å²) >= 11 is 0. The van der Waals surface area contributed by atoms with Gasteiger partial charge in [-0.2, -0.15) is 0 Å². The molecule has 0 saturated carbocycles. The molecule has 134 valence electrons. The van der Waals surface area contributed by atoms with Crippen molar-refractivity contribution in [2.45, 2.75) is 31.7 Å². The fourth-order valence-corrected chi connectivity index (χ4v) is 3.29. The number of piperidine rings is 1. The lowest BCUT2D eigenvalue weighted by Gasteiger charge is -2.34. The van der Waals surface area contributed by atoms with Gasteiger partial charge in [-0.3, -0.25) is 14.3 Å². The number of rotatable bonds is 7. The number of nitrogens with zero attached hydrogens (tertiary/aromatic N) is 4. The highest BCUT2D eigenvalue weighted by molar-refractivity contribution is 5.94. The van der Waals surface area contributed by atoms with Crippen LogP contribution in [-0.2, 0) is 0 Å². The first kappa shape index (κ1) is 17.6. The molecule has 2 heterocycles. The molecule has 25 heavy (non-hydrogen) atoms. The number of hydrogen-bond acceptors (Lipinski definition) is 5. The molecule has 2 N–H and O–H groups in total. The maximum atomic E-state index is 12.3. The van der Waals surface area contributed by atoms with Crippen molar-refractivity contribution < 1.29 is 9.90 Å². The van der Waals surface area contributed by atoms with Crippen LogP contribution in [0.3, 0.4) is 0 Å². The van der Waals surface area contributed by atoms with Gasteiger partial charge in [0.2, 0.25) is 0 Å². The second kappa shape index (κ2) is 8.73. The molecule has 7 heteroatoms. The number of aromatic nitrogens is 3. The zero-order valence-electron chi connectivity index (χ0n) is 14.3. The number of hydrogen-bond donors (Lipinski definition) is 2. The lowest BCUT2D eigenvalue weighted by atomic mass is 10.0. The summed E-state index contributed by atoms with van der Waals surface area (Å²) in [6, 6.07) is 7.67. The molecule has 0 radical (unpaired) electrons. The lowest BCUT2D eigenvalue weighted by Crippen LogP contribution is -2.43. The van der Waals surface area contributed by atoms with Crippen LogP contribution in [0.5, 0.6) is 0 Å². The first-order chi connectivity index (χ1) is 12.3. The predicted molar refractivity (Wildman–Crippen MR) is 94.6 cm³/mol. The van der Waals surface area contributed by atoms with Crippen molar-refractivity contribution in [2.75, 3.05) is 26.2 Å². The van der Waals surface area contributed by atoms with Crippen LogP contribution in [0, 0.1) is 0 Å². The maximum Gasteiger partial charge on any atom is 0.251 e. The van der Waals surface area contributed by atoms with E-state index in [4.69, 9.17) is 0 Å². The van der Waals surface area contributed by atoms with Gasteiger partial charge >= 0.3 is 0 Å². The summed E-state index contributed by atoms with van der Waals surface area (Å²) in [6.45, 7) is 2.80. The molecular weight excluding hydrogens is 318 g/mol. The Labute approximate surface area is 147 Å². The Kier molecular flexibility index (Phi) is 6.14. The molecule has 1 aliphatic rings. The molecule has 2 aromatic rings. The van der Waals surface area contributed by atoms with Gasteiger partial charge in [0.1, 0.15) is 12.7 Å². The van der Waals surface area contributed by atoms with Gasteiger partial charge in [-0.1, -0.05) is 12.5 Å². The molecule has 0 aliphatic carbocycles. The van der Waals surface area contributed by atoms with E-state index in [1.54, 1.807) is 23.3 Å². The number of nitrogens with one attached hydrogen (secondary N) is 1. The zero-order chi connectivity index (χ0) is 17.5. The van der Waals surface area contributed by atoms with Gasteiger partial charge in [-0.25, -0.2) is 0 Å². The minimum atomic E-state index is -0.0766. The molecule has 0 bridgehead atoms. The molecule has 0 spiro atoms. The van der Waals surface area contributed by atoms with Crippen molar-refractivity contribution in [1.82, 2.24) is 25.0 Å². The average molecular weight is 343 g/mol. The predicted octanol–water partition coefficient (Wildman–Crippen LogP) is 1.23. The maximum absolute atomic E-state index is 12.3. The minimum absolute atomic E-state index is 0.0766. The summed E-state index contributed by atoms with van der Waals surface area (Å²) < 4.78 is 1.77. The van der Waals surface area contributed by atoms with Crippen molar-refractivity contribution in [3.05, 3.63) is 42.5 Å². The van der Waals surface area contributed by atoms with Crippen LogP contribution in [0.25, 0.3) is 5.69 Å². The van der Waals surface area contributed by atoms with Gasteiger partial charge in [0.25, 0.3) is 5.91 Å². The van der Waals surface area contributed by atoms with Crippen LogP contribution in [0.4, 0.5) is 0 Å². The number of carbonyl (C=O) groups excluding carboxylic acids is 1. The molecule has 1 atom stereocenters. The second-order valence-electron chi connectivity index (χ2n) is 6.40. The van der Waals surface area contributed by atoms with Crippen molar-refractivity contribution in [2.24, 2.45) is 0 Å². The van der Waals surface area contributed by atoms with Gasteiger partial charge in [-0.05, 0) is 44.0 Å². The fraction of sp³-hybridized carbons (Fsp3) is 0.500. The SMILES string of the molecule is O=C(NCCCN1CCCC[C@@H]1CO)c1cccc(-n2cnnc2)c1. The largest absolute Gasteiger partial charge is 0.395 e. The van der Waals surface area contributed by atoms with Crippen LogP contribution in [0.15, 0.2) is 36.9 Å². The Morgan fingerprint density at radius 2 is 2.12 bits per heavy atom. The molecular formula is C18H25N5O2. The molecule has 1 fully saturated rings. The Hall–Kier alpha value is -2.25. The molecule has 0 unspecified atom stereocenters. The van der Waals surface area contributed by atoms with Crippen LogP contribution in [-0.4, -0.2) is 63.0 Å². The summed E-state index contributed by atoms with van der Waals surface area (Å²) in [4.78, 5) is 14.7. The van der Waals surface area contributed by atoms with Gasteiger partial charge in [0.05, 0.1) is 6.61 Å². The number of carbonyl (C=O) groups is 1. The number of aliphatic hydroxyl groups is 1. The highest BCUT2D eigenvalue weighted by Crippen LogP contribution is 2.16. The number of amides is 1. The summed E-state index contributed by atoms with van der Waals surface area (Å²) in [5.41, 5.74) is 1.48. The fourth-order valence-electron chi connectivity index (χ4n) is 3.29. The van der Waals surface area contributed by atoms with E-state index in [9.17, 15) is 9.90 Å². The van der Waals surface area contributed by atoms with Gasteiger partial charge in [-0.15, -0.1) is 10.2 Å². The molecule has 1 saturated heterocycles. The van der Waals surface area contributed by atoms with E-state index in [-0.39, 0.29) is 18.6 Å². The van der Waals surface area contributed by atoms with E-state index < -0.39 is 0 Å². The first-order valence-corrected chi connectivity index (χ1v) is 8.86. The van der Waals surface area contributed by atoms with Gasteiger partial charge in [0.15, 0.2) is 0 Å². The summed E-state index contributed by atoms with van der Waals surface area (Å²) in [5, 5.41) is 20.0. The lowest BCUT2D eigenvalue weighted by molar-refractivity contribution is 0.0868. The molecule has 1 aliphatic heterocycles. The van der Waals surface area contributed by atoms with E-state index in [1.165, 1.54) is 12.8 Å². The Balaban J connectivity index is 1.47. The Morgan fingerprint density at radius 3 is 2.92 bits per heavy atom. The second-order valence-corrected chi connectivity index (χ2v) is 6.40. The van der Waals surface area contributed by atoms with E-state index in [1.807, 2.05) is 18.2 Å². The van der Waals surface area contributed by atoms with Crippen molar-refractivity contribution in [3.63, 3.8) is 0 Å². The van der Waals surface area contributed by atoms with Gasteiger partial charge < -0.3 is 10.4 Å². The van der Waals surface area contributed by atoms with Gasteiger partial charge in [0, 0.05) is 30.4 Å². The number of likely N-dealkylation sites (tertiary alicyclic amines) is 1. The summed E-state index contributed by atoms with van der Waals surface area (Å²) in [6.07, 6.45) is 7.55. The standard InChI is InChI=1S/C18H25N5O2/c24-12-17-6-1-2-9-22(17)10-4-8-19-18(25)15-5-3-7-16(11-15)23-13-20-21-14-23/h3,5,7,11,13-14,17,24H,1-2,4,6,8-10,12H2,(H,19,25)/t17-/m1/s1. The van der Waals surface area contributed by atoms with Crippen LogP contribution in [0.2, 0.25) is 0 Å². The molecule has 7 nitrogen and oxygen atoms in total. The highest BCUT2D eigenvalue weighted by Gasteiger charge is 2.20. The zero-order valence-corrected chi connectivity index (χ0v) is 14.3. The minimum Gasteiger partial charge on any atom is -0.395 e. The van der Waals surface area contributed by atoms with Crippen LogP contribution >= 0.6 is 0 Å². The number of benzene rings is 1. The highest BCUT2D eigenvalue weighted by atomic mass is 16.3. The third-order valence-electron chi connectivity index (χ3n) is 4.69. The average Bonchev–Trinajstić information content (AvgIpc) is 3.20. The third-order valence-corrected chi connectivity index (χ3v) is 4.69. The molecule has 1 amide bonds. The van der Waals surface area contributed by atoms with Crippen molar-refractivity contribution >= 4 is 5.91 Å². The summed E-state index contributed by atoms with van der Waals surface area (Å²) in [5.74, 6) is -0.0766. The quantitative estimate of drug-likeness (QED) is 0.739. The smallest absolute Gasteiger partial charge is 0.251 e. The van der Waals surface area contributed by atoms with Crippen LogP contribution in [0.1, 0.15) is 36.0 Å². The monoisotopic (exact) mass is 343 g/mol. The van der Waals surface area contributed by atoms with Crippen molar-refractivity contribution in [3.8, 4) is 5.69 Å². The third kappa shape index (κ3) is 4.64. The topological polar surface area (TPSA) is 83.3 Å². The normalized spacial score (nSPS) is 18.2. The molecule has 3 rings (SSSR count). The Bertz CT molecular complexity index is 674. The van der Waals surface area contributed by atoms with E-state index >= 15 is 0 Å².